The minimum Gasteiger partial charge on any atom is -0.285 e. The van der Waals surface area contributed by atoms with Crippen molar-refractivity contribution >= 4 is 27.7 Å². The molecule has 2 rings (SSSR count). The third-order valence-corrected chi connectivity index (χ3v) is 5.38. The number of carbonyl (C=O) groups excluding carboxylic acids is 1. The fraction of sp³-hybridized carbons (Fsp3) is 0.278. The highest BCUT2D eigenvalue weighted by atomic mass is 32.2. The lowest BCUT2D eigenvalue weighted by Gasteiger charge is -2.17. The Hall–Kier alpha value is -2.45. The lowest BCUT2D eigenvalue weighted by atomic mass is 10.1. The molecule has 1 unspecified atom stereocenters. The number of amides is 1. The highest BCUT2D eigenvalue weighted by molar-refractivity contribution is 7.96. The summed E-state index contributed by atoms with van der Waals surface area (Å²) in [5, 5.41) is 10.1. The molecule has 1 aliphatic carbocycles. The van der Waals surface area contributed by atoms with Gasteiger partial charge in [0, 0.05) is 19.0 Å². The van der Waals surface area contributed by atoms with Crippen LogP contribution in [0, 0.1) is 0 Å². The van der Waals surface area contributed by atoms with E-state index in [1.54, 1.807) is 43.3 Å². The van der Waals surface area contributed by atoms with E-state index in [0.717, 1.165) is 5.56 Å². The third kappa shape index (κ3) is 5.27. The molecule has 0 radical (unpaired) electrons. The highest BCUT2D eigenvalue weighted by Crippen LogP contribution is 2.25. The lowest BCUT2D eigenvalue weighted by Crippen LogP contribution is -2.32. The molecule has 0 heterocycles. The highest BCUT2D eigenvalue weighted by Gasteiger charge is 2.20. The van der Waals surface area contributed by atoms with Crippen LogP contribution in [-0.2, 0) is 14.8 Å². The number of allylic oxidation sites excluding steroid dienone is 4. The Labute approximate surface area is 152 Å². The van der Waals surface area contributed by atoms with Gasteiger partial charge < -0.3 is 0 Å². The van der Waals surface area contributed by atoms with Crippen molar-refractivity contribution in [2.45, 2.75) is 32.7 Å². The number of benzene rings is 1. The van der Waals surface area contributed by atoms with Crippen LogP contribution >= 0.6 is 0 Å². The topological polar surface area (TPSA) is 86.7 Å². The van der Waals surface area contributed by atoms with Gasteiger partial charge in [-0.25, -0.2) is 17.9 Å². The van der Waals surface area contributed by atoms with Gasteiger partial charge in [-0.05, 0) is 43.2 Å². The molecule has 2 N–H and O–H groups in total. The van der Waals surface area contributed by atoms with E-state index in [4.69, 9.17) is 0 Å². The maximum atomic E-state index is 13.0. The van der Waals surface area contributed by atoms with Gasteiger partial charge >= 0.3 is 0 Å². The van der Waals surface area contributed by atoms with Gasteiger partial charge in [-0.1, -0.05) is 24.3 Å². The van der Waals surface area contributed by atoms with Crippen LogP contribution < -0.4 is 4.72 Å². The van der Waals surface area contributed by atoms with Gasteiger partial charge in [-0.2, -0.15) is 0 Å². The van der Waals surface area contributed by atoms with Gasteiger partial charge in [0.25, 0.3) is 10.0 Å². The van der Waals surface area contributed by atoms with Crippen molar-refractivity contribution in [2.24, 2.45) is 0 Å². The standard InChI is InChI=1S/C18H21FN2O4S/c1-13(21(23)14(2)22)3-4-15-5-9-17(10-6-15)20-26(24,25)18-11-7-16(19)8-12-18/h3-7,9-11,13,20,23H,8,12H2,1-2H3/b4-3+. The van der Waals surface area contributed by atoms with Crippen LogP contribution in [0.3, 0.4) is 0 Å². The van der Waals surface area contributed by atoms with E-state index < -0.39 is 22.0 Å². The summed E-state index contributed by atoms with van der Waals surface area (Å²) in [6, 6.07) is 6.11. The van der Waals surface area contributed by atoms with Gasteiger partial charge in [-0.15, -0.1) is 0 Å². The number of anilines is 1. The summed E-state index contributed by atoms with van der Waals surface area (Å²) in [6.45, 7) is 2.92. The van der Waals surface area contributed by atoms with E-state index in [1.807, 2.05) is 0 Å². The molecule has 0 spiro atoms. The quantitative estimate of drug-likeness (QED) is 0.583. The van der Waals surface area contributed by atoms with Crippen molar-refractivity contribution in [1.82, 2.24) is 5.06 Å². The zero-order valence-corrected chi connectivity index (χ0v) is 15.3. The molecule has 26 heavy (non-hydrogen) atoms. The van der Waals surface area contributed by atoms with Crippen molar-refractivity contribution in [2.75, 3.05) is 4.72 Å². The summed E-state index contributed by atoms with van der Waals surface area (Å²) in [4.78, 5) is 11.2. The molecule has 1 aromatic carbocycles. The molecule has 0 fully saturated rings. The molecule has 6 nitrogen and oxygen atoms in total. The van der Waals surface area contributed by atoms with E-state index in [9.17, 15) is 22.8 Å². The average molecular weight is 380 g/mol. The van der Waals surface area contributed by atoms with Crippen LogP contribution in [0.4, 0.5) is 10.1 Å². The number of nitrogens with one attached hydrogen (secondary N) is 1. The van der Waals surface area contributed by atoms with Crippen LogP contribution in [0.15, 0.2) is 53.2 Å². The molecule has 140 valence electrons. The van der Waals surface area contributed by atoms with E-state index in [-0.39, 0.29) is 23.6 Å². The summed E-state index contributed by atoms with van der Waals surface area (Å²) in [5.41, 5.74) is 1.16. The van der Waals surface area contributed by atoms with Gasteiger partial charge in [0.05, 0.1) is 10.9 Å². The van der Waals surface area contributed by atoms with Crippen molar-refractivity contribution in [3.63, 3.8) is 0 Å². The molecule has 0 aromatic heterocycles. The summed E-state index contributed by atoms with van der Waals surface area (Å²) in [5.74, 6) is -0.792. The Balaban J connectivity index is 2.04. The largest absolute Gasteiger partial charge is 0.285 e. The first-order chi connectivity index (χ1) is 12.2. The van der Waals surface area contributed by atoms with E-state index in [0.29, 0.717) is 10.8 Å². The molecule has 0 aliphatic heterocycles. The first-order valence-electron chi connectivity index (χ1n) is 8.04. The number of hydroxylamine groups is 2. The summed E-state index contributed by atoms with van der Waals surface area (Å²) in [6.07, 6.45) is 6.01. The fourth-order valence-electron chi connectivity index (χ4n) is 2.32. The van der Waals surface area contributed by atoms with Crippen LogP contribution in [0.1, 0.15) is 32.3 Å². The van der Waals surface area contributed by atoms with Gasteiger partial charge in [0.15, 0.2) is 0 Å². The normalized spacial score (nSPS) is 16.0. The van der Waals surface area contributed by atoms with E-state index >= 15 is 0 Å². The molecule has 1 aromatic rings. The van der Waals surface area contributed by atoms with Gasteiger partial charge in [-0.3, -0.25) is 14.7 Å². The zero-order chi connectivity index (χ0) is 19.3. The Morgan fingerprint density at radius 3 is 2.46 bits per heavy atom. The van der Waals surface area contributed by atoms with Crippen molar-refractivity contribution in [1.29, 1.82) is 0 Å². The molecular weight excluding hydrogens is 359 g/mol. The molecular formula is C18H21FN2O4S. The summed E-state index contributed by atoms with van der Waals surface area (Å²) < 4.78 is 40.0. The number of carbonyl (C=O) groups is 1. The van der Waals surface area contributed by atoms with Crippen molar-refractivity contribution < 1.29 is 22.8 Å². The number of sulfonamides is 1. The SMILES string of the molecule is CC(=O)N(O)C(C)/C=C/c1ccc(NS(=O)(=O)C2=CC=C(F)CC2)cc1. The minimum absolute atomic E-state index is 0.0802. The fourth-order valence-corrected chi connectivity index (χ4v) is 3.51. The van der Waals surface area contributed by atoms with Crippen molar-refractivity contribution in [3.8, 4) is 0 Å². The Bertz CT molecular complexity index is 858. The third-order valence-electron chi connectivity index (χ3n) is 3.84. The number of hydrogen-bond donors (Lipinski definition) is 2. The molecule has 8 heteroatoms. The number of halogens is 1. The second-order valence-electron chi connectivity index (χ2n) is 5.94. The van der Waals surface area contributed by atoms with Crippen LogP contribution in [0.25, 0.3) is 6.08 Å². The second-order valence-corrected chi connectivity index (χ2v) is 7.67. The summed E-state index contributed by atoms with van der Waals surface area (Å²) in [7, 11) is -3.71. The molecule has 0 saturated heterocycles. The average Bonchev–Trinajstić information content (AvgIpc) is 2.60. The van der Waals surface area contributed by atoms with Crippen LogP contribution in [-0.4, -0.2) is 30.6 Å². The Kier molecular flexibility index (Phi) is 6.33. The Morgan fingerprint density at radius 2 is 1.92 bits per heavy atom. The number of rotatable bonds is 6. The monoisotopic (exact) mass is 380 g/mol. The molecule has 0 saturated carbocycles. The Morgan fingerprint density at radius 1 is 1.27 bits per heavy atom. The van der Waals surface area contributed by atoms with Gasteiger partial charge in [0.2, 0.25) is 5.91 Å². The molecule has 1 atom stereocenters. The number of hydrogen-bond acceptors (Lipinski definition) is 4. The molecule has 0 bridgehead atoms. The first-order valence-corrected chi connectivity index (χ1v) is 9.52. The van der Waals surface area contributed by atoms with E-state index in [1.165, 1.54) is 19.1 Å². The van der Waals surface area contributed by atoms with Crippen molar-refractivity contribution in [3.05, 3.63) is 58.8 Å². The minimum atomic E-state index is -3.71. The van der Waals surface area contributed by atoms with Crippen LogP contribution in [0.5, 0.6) is 0 Å². The molecule has 1 amide bonds. The maximum Gasteiger partial charge on any atom is 0.258 e. The van der Waals surface area contributed by atoms with E-state index in [2.05, 4.69) is 4.72 Å². The summed E-state index contributed by atoms with van der Waals surface area (Å²) >= 11 is 0. The van der Waals surface area contributed by atoms with Gasteiger partial charge in [0.1, 0.15) is 5.83 Å². The molecule has 1 aliphatic rings. The van der Waals surface area contributed by atoms with Crippen LogP contribution in [0.2, 0.25) is 0 Å². The number of nitrogens with zero attached hydrogens (tertiary/aromatic N) is 1. The predicted octanol–water partition coefficient (Wildman–Crippen LogP) is 3.60. The zero-order valence-electron chi connectivity index (χ0n) is 14.5. The second kappa shape index (κ2) is 8.29. The smallest absolute Gasteiger partial charge is 0.258 e. The lowest BCUT2D eigenvalue weighted by molar-refractivity contribution is -0.167. The predicted molar refractivity (Wildman–Crippen MR) is 98.3 cm³/mol. The first kappa shape index (κ1) is 19.9. The maximum absolute atomic E-state index is 13.0.